The summed E-state index contributed by atoms with van der Waals surface area (Å²) in [5.41, 5.74) is 0. The number of nitrogens with zero attached hydrogens (tertiary/aromatic N) is 3. The minimum atomic E-state index is 0.00605. The quantitative estimate of drug-likeness (QED) is 0.733. The standard InChI is InChI=1S/C12H23N5O2/c1-5-13-9(4)11-15-16-12(19-11)14-8-10(18)17(6-2)7-3/h9,13H,5-8H2,1-4H3,(H,14,16). The van der Waals surface area contributed by atoms with Crippen molar-refractivity contribution >= 4 is 11.9 Å². The summed E-state index contributed by atoms with van der Waals surface area (Å²) in [4.78, 5) is 13.5. The van der Waals surface area contributed by atoms with Gasteiger partial charge in [0, 0.05) is 13.1 Å². The highest BCUT2D eigenvalue weighted by molar-refractivity contribution is 5.80. The molecule has 0 fully saturated rings. The van der Waals surface area contributed by atoms with Crippen LogP contribution in [0.2, 0.25) is 0 Å². The van der Waals surface area contributed by atoms with Gasteiger partial charge < -0.3 is 20.0 Å². The van der Waals surface area contributed by atoms with Crippen molar-refractivity contribution in [2.75, 3.05) is 31.5 Å². The summed E-state index contributed by atoms with van der Waals surface area (Å²) < 4.78 is 5.43. The molecule has 0 aliphatic heterocycles. The maximum atomic E-state index is 11.8. The number of carbonyl (C=O) groups is 1. The van der Waals surface area contributed by atoms with Crippen LogP contribution in [0.1, 0.15) is 39.6 Å². The molecule has 1 aromatic heterocycles. The van der Waals surface area contributed by atoms with Gasteiger partial charge in [-0.3, -0.25) is 4.79 Å². The molecule has 0 saturated carbocycles. The first-order valence-corrected chi connectivity index (χ1v) is 6.70. The average Bonchev–Trinajstić information content (AvgIpc) is 2.87. The van der Waals surface area contributed by atoms with E-state index in [9.17, 15) is 4.79 Å². The number of carbonyl (C=O) groups excluding carboxylic acids is 1. The first-order chi connectivity index (χ1) is 9.12. The van der Waals surface area contributed by atoms with Crippen molar-refractivity contribution in [3.63, 3.8) is 0 Å². The normalized spacial score (nSPS) is 12.2. The van der Waals surface area contributed by atoms with Gasteiger partial charge in [0.2, 0.25) is 11.8 Å². The smallest absolute Gasteiger partial charge is 0.315 e. The third kappa shape index (κ3) is 4.51. The lowest BCUT2D eigenvalue weighted by molar-refractivity contribution is -0.128. The minimum Gasteiger partial charge on any atom is -0.406 e. The lowest BCUT2D eigenvalue weighted by Gasteiger charge is -2.18. The van der Waals surface area contributed by atoms with E-state index in [1.54, 1.807) is 4.90 Å². The van der Waals surface area contributed by atoms with E-state index in [0.717, 1.165) is 6.54 Å². The van der Waals surface area contributed by atoms with Gasteiger partial charge in [-0.2, -0.15) is 0 Å². The Morgan fingerprint density at radius 3 is 2.58 bits per heavy atom. The van der Waals surface area contributed by atoms with Gasteiger partial charge in [0.1, 0.15) is 0 Å². The fraction of sp³-hybridized carbons (Fsp3) is 0.750. The van der Waals surface area contributed by atoms with Crippen LogP contribution in [0.15, 0.2) is 4.42 Å². The number of aromatic nitrogens is 2. The second-order valence-corrected chi connectivity index (χ2v) is 4.14. The molecule has 108 valence electrons. The van der Waals surface area contributed by atoms with Gasteiger partial charge in [0.25, 0.3) is 0 Å². The van der Waals surface area contributed by atoms with Gasteiger partial charge in [0.15, 0.2) is 0 Å². The molecule has 2 N–H and O–H groups in total. The number of rotatable bonds is 8. The van der Waals surface area contributed by atoms with Crippen molar-refractivity contribution in [1.82, 2.24) is 20.4 Å². The fourth-order valence-corrected chi connectivity index (χ4v) is 1.71. The third-order valence-electron chi connectivity index (χ3n) is 2.83. The van der Waals surface area contributed by atoms with E-state index in [0.29, 0.717) is 19.0 Å². The van der Waals surface area contributed by atoms with Gasteiger partial charge in [-0.05, 0) is 27.3 Å². The first kappa shape index (κ1) is 15.4. The van der Waals surface area contributed by atoms with Crippen LogP contribution >= 0.6 is 0 Å². The van der Waals surface area contributed by atoms with E-state index >= 15 is 0 Å². The zero-order valence-corrected chi connectivity index (χ0v) is 12.1. The molecule has 0 aromatic carbocycles. The highest BCUT2D eigenvalue weighted by Gasteiger charge is 2.14. The molecule has 0 radical (unpaired) electrons. The van der Waals surface area contributed by atoms with E-state index < -0.39 is 0 Å². The van der Waals surface area contributed by atoms with Gasteiger partial charge in [-0.25, -0.2) is 0 Å². The third-order valence-corrected chi connectivity index (χ3v) is 2.83. The van der Waals surface area contributed by atoms with Crippen LogP contribution in [0.4, 0.5) is 6.01 Å². The van der Waals surface area contributed by atoms with Gasteiger partial charge in [-0.15, -0.1) is 5.10 Å². The molecule has 1 aromatic rings. The minimum absolute atomic E-state index is 0.00605. The molecule has 0 aliphatic rings. The van der Waals surface area contributed by atoms with Crippen molar-refractivity contribution in [2.24, 2.45) is 0 Å². The highest BCUT2D eigenvalue weighted by Crippen LogP contribution is 2.13. The Balaban J connectivity index is 2.48. The van der Waals surface area contributed by atoms with Crippen LogP contribution in [0.3, 0.4) is 0 Å². The highest BCUT2D eigenvalue weighted by atomic mass is 16.4. The Bertz CT molecular complexity index is 389. The Morgan fingerprint density at radius 2 is 2.00 bits per heavy atom. The van der Waals surface area contributed by atoms with E-state index in [2.05, 4.69) is 20.8 Å². The van der Waals surface area contributed by atoms with E-state index in [1.807, 2.05) is 27.7 Å². The predicted molar refractivity (Wildman–Crippen MR) is 72.8 cm³/mol. The molecule has 7 heteroatoms. The van der Waals surface area contributed by atoms with E-state index in [4.69, 9.17) is 4.42 Å². The van der Waals surface area contributed by atoms with Crippen LogP contribution in [0, 0.1) is 0 Å². The summed E-state index contributed by atoms with van der Waals surface area (Å²) in [5, 5.41) is 13.8. The summed E-state index contributed by atoms with van der Waals surface area (Å²) in [6.45, 7) is 10.2. The number of anilines is 1. The molecule has 0 bridgehead atoms. The topological polar surface area (TPSA) is 83.3 Å². The molecular formula is C12H23N5O2. The average molecular weight is 269 g/mol. The molecule has 0 spiro atoms. The summed E-state index contributed by atoms with van der Waals surface area (Å²) in [7, 11) is 0. The number of likely N-dealkylation sites (N-methyl/N-ethyl adjacent to an activating group) is 1. The maximum absolute atomic E-state index is 11.8. The summed E-state index contributed by atoms with van der Waals surface area (Å²) in [6.07, 6.45) is 0. The monoisotopic (exact) mass is 269 g/mol. The van der Waals surface area contributed by atoms with Gasteiger partial charge in [0.05, 0.1) is 12.6 Å². The van der Waals surface area contributed by atoms with Crippen LogP contribution in [-0.4, -0.2) is 47.2 Å². The van der Waals surface area contributed by atoms with Crippen molar-refractivity contribution < 1.29 is 9.21 Å². The number of amides is 1. The largest absolute Gasteiger partial charge is 0.406 e. The van der Waals surface area contributed by atoms with E-state index in [-0.39, 0.29) is 24.5 Å². The molecule has 19 heavy (non-hydrogen) atoms. The van der Waals surface area contributed by atoms with Crippen LogP contribution in [0.25, 0.3) is 0 Å². The van der Waals surface area contributed by atoms with Crippen LogP contribution < -0.4 is 10.6 Å². The zero-order valence-electron chi connectivity index (χ0n) is 12.1. The van der Waals surface area contributed by atoms with Gasteiger partial charge >= 0.3 is 6.01 Å². The van der Waals surface area contributed by atoms with Crippen LogP contribution in [0.5, 0.6) is 0 Å². The predicted octanol–water partition coefficient (Wildman–Crippen LogP) is 1.02. The second-order valence-electron chi connectivity index (χ2n) is 4.14. The fourth-order valence-electron chi connectivity index (χ4n) is 1.71. The Labute approximate surface area is 113 Å². The van der Waals surface area contributed by atoms with Crippen LogP contribution in [-0.2, 0) is 4.79 Å². The van der Waals surface area contributed by atoms with Crippen molar-refractivity contribution in [3.8, 4) is 0 Å². The zero-order chi connectivity index (χ0) is 14.3. The summed E-state index contributed by atoms with van der Waals surface area (Å²) in [6, 6.07) is 0.284. The molecule has 7 nitrogen and oxygen atoms in total. The number of hydrogen-bond donors (Lipinski definition) is 2. The summed E-state index contributed by atoms with van der Waals surface area (Å²) >= 11 is 0. The molecule has 0 saturated heterocycles. The SMILES string of the molecule is CCNC(C)c1nnc(NCC(=O)N(CC)CC)o1. The number of nitrogens with one attached hydrogen (secondary N) is 2. The number of hydrogen-bond acceptors (Lipinski definition) is 6. The Hall–Kier alpha value is -1.63. The molecule has 1 unspecified atom stereocenters. The Morgan fingerprint density at radius 1 is 1.32 bits per heavy atom. The summed E-state index contributed by atoms with van der Waals surface area (Å²) in [5.74, 6) is 0.532. The lowest BCUT2D eigenvalue weighted by Crippen LogP contribution is -2.35. The van der Waals surface area contributed by atoms with E-state index in [1.165, 1.54) is 0 Å². The molecule has 1 amide bonds. The van der Waals surface area contributed by atoms with Gasteiger partial charge in [-0.1, -0.05) is 12.0 Å². The second kappa shape index (κ2) is 7.73. The Kier molecular flexibility index (Phi) is 6.27. The molecule has 1 heterocycles. The maximum Gasteiger partial charge on any atom is 0.315 e. The molecule has 0 aliphatic carbocycles. The van der Waals surface area contributed by atoms with Crippen molar-refractivity contribution in [1.29, 1.82) is 0 Å². The van der Waals surface area contributed by atoms with Crippen molar-refractivity contribution in [2.45, 2.75) is 33.7 Å². The molecular weight excluding hydrogens is 246 g/mol. The van der Waals surface area contributed by atoms with Crippen molar-refractivity contribution in [3.05, 3.63) is 5.89 Å². The first-order valence-electron chi connectivity index (χ1n) is 6.70. The lowest BCUT2D eigenvalue weighted by atomic mass is 10.3. The molecule has 1 rings (SSSR count). The molecule has 1 atom stereocenters.